The van der Waals surface area contributed by atoms with Crippen molar-refractivity contribution in [3.63, 3.8) is 0 Å². The van der Waals surface area contributed by atoms with Crippen LogP contribution < -0.4 is 48.7 Å². The van der Waals surface area contributed by atoms with Gasteiger partial charge in [-0.25, -0.2) is 9.59 Å². The van der Waals surface area contributed by atoms with Crippen LogP contribution in [0.5, 0.6) is 0 Å². The van der Waals surface area contributed by atoms with E-state index in [0.717, 1.165) is 4.90 Å². The summed E-state index contributed by atoms with van der Waals surface area (Å²) in [6.45, 7) is 8.66. The number of rotatable bonds is 18. The van der Waals surface area contributed by atoms with Crippen molar-refractivity contribution in [1.82, 2.24) is 42.1 Å². The Bertz CT molecular complexity index is 1830. The van der Waals surface area contributed by atoms with E-state index in [4.69, 9.17) is 16.2 Å². The molecule has 12 N–H and O–H groups in total. The molecule has 0 aromatic heterocycles. The Hall–Kier alpha value is -6.32. The Kier molecular flexibility index (Phi) is 22.9. The zero-order valence-corrected chi connectivity index (χ0v) is 38.3. The summed E-state index contributed by atoms with van der Waals surface area (Å²) >= 11 is 0. The monoisotopic (exact) mass is 917 g/mol. The highest BCUT2D eigenvalue weighted by atomic mass is 16.5. The highest BCUT2D eigenvalue weighted by Crippen LogP contribution is 2.18. The molecule has 362 valence electrons. The summed E-state index contributed by atoms with van der Waals surface area (Å²) < 4.78 is 5.80. The minimum atomic E-state index is -1.82. The lowest BCUT2D eigenvalue weighted by Gasteiger charge is -2.34. The Morgan fingerprint density at radius 3 is 2.03 bits per heavy atom. The van der Waals surface area contributed by atoms with Crippen LogP contribution in [0, 0.1) is 11.8 Å². The number of benzene rings is 1. The van der Waals surface area contributed by atoms with E-state index in [1.54, 1.807) is 65.0 Å². The van der Waals surface area contributed by atoms with Gasteiger partial charge >= 0.3 is 12.0 Å². The van der Waals surface area contributed by atoms with Crippen LogP contribution in [-0.4, -0.2) is 138 Å². The van der Waals surface area contributed by atoms with E-state index in [2.05, 4.69) is 37.2 Å². The smallest absolute Gasteiger partial charge is 0.329 e. The zero-order valence-electron chi connectivity index (χ0n) is 38.3. The topological polar surface area (TPSA) is 340 Å². The van der Waals surface area contributed by atoms with Gasteiger partial charge in [-0.2, -0.15) is 0 Å². The molecule has 2 rings (SSSR count). The summed E-state index contributed by atoms with van der Waals surface area (Å²) in [6.07, 6.45) is -1.60. The molecule has 1 aromatic carbocycles. The Morgan fingerprint density at radius 1 is 0.846 bits per heavy atom. The van der Waals surface area contributed by atoms with E-state index in [0.29, 0.717) is 18.4 Å². The van der Waals surface area contributed by atoms with E-state index in [1.165, 1.54) is 14.0 Å². The molecule has 1 aliphatic heterocycles. The molecule has 0 aliphatic carbocycles. The third kappa shape index (κ3) is 17.6. The maximum Gasteiger partial charge on any atom is 0.329 e. The highest BCUT2D eigenvalue weighted by Gasteiger charge is 2.41. The highest BCUT2D eigenvalue weighted by molar-refractivity contribution is 5.98. The van der Waals surface area contributed by atoms with E-state index >= 15 is 0 Å². The molecule has 65 heavy (non-hydrogen) atoms. The molecule has 0 saturated carbocycles. The van der Waals surface area contributed by atoms with Crippen molar-refractivity contribution in [2.24, 2.45) is 23.3 Å². The van der Waals surface area contributed by atoms with Crippen LogP contribution in [0.25, 0.3) is 0 Å². The molecule has 22 nitrogen and oxygen atoms in total. The largest absolute Gasteiger partial charge is 0.458 e. The Morgan fingerprint density at radius 2 is 1.46 bits per heavy atom. The van der Waals surface area contributed by atoms with Gasteiger partial charge in [-0.1, -0.05) is 71.4 Å². The number of nitrogens with two attached hydrogens (primary N) is 2. The van der Waals surface area contributed by atoms with Gasteiger partial charge in [-0.15, -0.1) is 0 Å². The summed E-state index contributed by atoms with van der Waals surface area (Å²) in [6, 6.07) is -2.51. The number of amides is 10. The molecule has 0 spiro atoms. The van der Waals surface area contributed by atoms with Crippen LogP contribution in [0.1, 0.15) is 92.1 Å². The van der Waals surface area contributed by atoms with E-state index in [-0.39, 0.29) is 45.1 Å². The molecular formula is C43H68N10O12. The van der Waals surface area contributed by atoms with Crippen LogP contribution in [0.3, 0.4) is 0 Å². The minimum absolute atomic E-state index is 0.0172. The number of nitrogens with one attached hydrogen (secondary N) is 7. The normalized spacial score (nSPS) is 23.8. The molecule has 1 aliphatic rings. The van der Waals surface area contributed by atoms with Crippen LogP contribution in [0.2, 0.25) is 0 Å². The van der Waals surface area contributed by atoms with Crippen LogP contribution in [0.4, 0.5) is 4.79 Å². The molecule has 22 heteroatoms. The van der Waals surface area contributed by atoms with Gasteiger partial charge in [-0.05, 0) is 50.0 Å². The van der Waals surface area contributed by atoms with Crippen molar-refractivity contribution in [2.75, 3.05) is 20.2 Å². The average Bonchev–Trinajstić information content (AvgIpc) is 3.25. The number of hydrogen-bond donors (Lipinski definition) is 10. The molecule has 1 fully saturated rings. The number of esters is 1. The third-order valence-corrected chi connectivity index (χ3v) is 11.0. The van der Waals surface area contributed by atoms with Gasteiger partial charge in [0.1, 0.15) is 48.4 Å². The summed E-state index contributed by atoms with van der Waals surface area (Å²) in [4.78, 5) is 136. The van der Waals surface area contributed by atoms with E-state index in [1.807, 2.05) is 0 Å². The maximum atomic E-state index is 14.4. The fourth-order valence-corrected chi connectivity index (χ4v) is 6.84. The quantitative estimate of drug-likeness (QED) is 0.0572. The van der Waals surface area contributed by atoms with Gasteiger partial charge < -0.3 is 63.4 Å². The molecule has 9 atom stereocenters. The Labute approximate surface area is 379 Å². The second-order valence-electron chi connectivity index (χ2n) is 16.5. The second-order valence-corrected chi connectivity index (χ2v) is 16.5. The molecule has 0 unspecified atom stereocenters. The molecule has 0 bridgehead atoms. The van der Waals surface area contributed by atoms with Crippen molar-refractivity contribution < 1.29 is 57.8 Å². The lowest BCUT2D eigenvalue weighted by atomic mass is 9.95. The first-order chi connectivity index (χ1) is 30.6. The number of hydrogen-bond acceptors (Lipinski definition) is 12. The lowest BCUT2D eigenvalue weighted by molar-refractivity contribution is -0.157. The van der Waals surface area contributed by atoms with Crippen molar-refractivity contribution in [3.05, 3.63) is 35.9 Å². The number of aliphatic hydroxyl groups is 1. The number of nitrogens with zero attached hydrogens (tertiary/aromatic N) is 1. The first-order valence-electron chi connectivity index (χ1n) is 21.9. The molecule has 1 heterocycles. The fraction of sp³-hybridized carbons (Fsp3) is 0.628. The van der Waals surface area contributed by atoms with Gasteiger partial charge in [0, 0.05) is 32.9 Å². The summed E-state index contributed by atoms with van der Waals surface area (Å²) in [5.41, 5.74) is 11.2. The van der Waals surface area contributed by atoms with Crippen molar-refractivity contribution in [3.8, 4) is 0 Å². The van der Waals surface area contributed by atoms with Crippen molar-refractivity contribution in [2.45, 2.75) is 141 Å². The number of primary amides is 2. The fourth-order valence-electron chi connectivity index (χ4n) is 6.84. The third-order valence-electron chi connectivity index (χ3n) is 11.0. The number of aliphatic hydroxyl groups excluding tert-OH is 1. The molecule has 0 radical (unpaired) electrons. The van der Waals surface area contributed by atoms with Gasteiger partial charge in [0.2, 0.25) is 47.3 Å². The summed E-state index contributed by atoms with van der Waals surface area (Å²) in [5.74, 6) is -9.08. The second kappa shape index (κ2) is 27.1. The van der Waals surface area contributed by atoms with Gasteiger partial charge in [0.25, 0.3) is 0 Å². The molecule has 1 saturated heterocycles. The number of likely N-dealkylation sites (N-methyl/N-ethyl adjacent to an activating group) is 1. The summed E-state index contributed by atoms with van der Waals surface area (Å²) in [7, 11) is 1.37. The number of ether oxygens (including phenoxy) is 1. The molecule has 10 amide bonds. The van der Waals surface area contributed by atoms with E-state index in [9.17, 15) is 53.1 Å². The van der Waals surface area contributed by atoms with Crippen LogP contribution in [0.15, 0.2) is 30.3 Å². The zero-order chi connectivity index (χ0) is 49.0. The lowest BCUT2D eigenvalue weighted by Crippen LogP contribution is -2.62. The average molecular weight is 917 g/mol. The first-order valence-corrected chi connectivity index (χ1v) is 21.9. The van der Waals surface area contributed by atoms with Crippen LogP contribution >= 0.6 is 0 Å². The molecular weight excluding hydrogens is 849 g/mol. The standard InChI is InChI=1S/C43H68N10O12/c1-8-14-32(56)47-28(18-19-31(44)55)37(58)52-35-25(6)65-42(63)33(23(3)4)50-39(60)30(21-26-15-11-10-12-16-26)53(7)41(62)34(24(5)9-2)51-38(59)29(22-54)49-36(57)27(48-40(35)61)17-13-20-46-43(45)64/h10-12,15-16,23-25,27-30,33-35,54H,8-9,13-14,17-22H2,1-7H3,(H2,44,55)(H,47,56)(H,48,61)(H,49,57)(H,50,60)(H,51,59)(H,52,58)(H3,45,46,64)/t24-,25+,27-,28-,29-,30-,33-,34-,35+/m0/s1. The SMILES string of the molecule is CCCC(=O)N[C@@H](CCC(N)=O)C(=O)N[C@H]1C(=O)N[C@@H](CCCNC(N)=O)C(=O)N[C@@H](CO)C(=O)N[C@@H]([C@@H](C)CC)C(=O)N(C)[C@@H](Cc2ccccc2)C(=O)N[C@@H](C(C)C)C(=O)O[C@@H]1C. The number of urea groups is 1. The van der Waals surface area contributed by atoms with Crippen molar-refractivity contribution in [1.29, 1.82) is 0 Å². The predicted molar refractivity (Wildman–Crippen MR) is 235 cm³/mol. The minimum Gasteiger partial charge on any atom is -0.458 e. The predicted octanol–water partition coefficient (Wildman–Crippen LogP) is -1.88. The first kappa shape index (κ1) is 54.8. The summed E-state index contributed by atoms with van der Waals surface area (Å²) in [5, 5.41) is 27.9. The number of carbonyl (C=O) groups excluding carboxylic acids is 10. The van der Waals surface area contributed by atoms with Gasteiger partial charge in [0.15, 0.2) is 0 Å². The van der Waals surface area contributed by atoms with Crippen molar-refractivity contribution >= 4 is 59.3 Å². The van der Waals surface area contributed by atoms with Gasteiger partial charge in [0.05, 0.1) is 6.61 Å². The Balaban J connectivity index is 2.81. The number of carbonyl (C=O) groups is 10. The van der Waals surface area contributed by atoms with Gasteiger partial charge in [-0.3, -0.25) is 38.4 Å². The maximum absolute atomic E-state index is 14.4. The number of cyclic esters (lactones) is 1. The van der Waals surface area contributed by atoms with Crippen LogP contribution in [-0.2, 0) is 54.3 Å². The van der Waals surface area contributed by atoms with E-state index < -0.39 is 126 Å². The molecule has 1 aromatic rings.